The number of rotatable bonds is 8. The Morgan fingerprint density at radius 2 is 1.55 bits per heavy atom. The van der Waals surface area contributed by atoms with Gasteiger partial charge >= 0.3 is 5.97 Å². The molecule has 0 spiro atoms. The second-order valence-electron chi connectivity index (χ2n) is 8.44. The lowest BCUT2D eigenvalue weighted by Crippen LogP contribution is -2.28. The Bertz CT molecular complexity index is 1240. The Balaban J connectivity index is 1.83. The summed E-state index contributed by atoms with van der Waals surface area (Å²) in [5, 5.41) is 12.4. The van der Waals surface area contributed by atoms with Crippen LogP contribution >= 0.6 is 46.4 Å². The van der Waals surface area contributed by atoms with Crippen molar-refractivity contribution in [2.75, 3.05) is 0 Å². The van der Waals surface area contributed by atoms with E-state index in [0.29, 0.717) is 5.56 Å². The monoisotopic (exact) mass is 527 g/mol. The zero-order valence-corrected chi connectivity index (χ0v) is 21.5. The summed E-state index contributed by atoms with van der Waals surface area (Å²) >= 11 is 25.3. The average Bonchev–Trinajstić information content (AvgIpc) is 3.23. The third kappa shape index (κ3) is 4.04. The third-order valence-corrected chi connectivity index (χ3v) is 8.16. The molecule has 4 rings (SSSR count). The van der Waals surface area contributed by atoms with Crippen molar-refractivity contribution in [3.05, 3.63) is 66.7 Å². The van der Waals surface area contributed by atoms with Gasteiger partial charge in [-0.1, -0.05) is 104 Å². The molecule has 1 N–H and O–H groups in total. The fraction of sp³-hybridized carbons (Fsp3) is 0.400. The number of aryl methyl sites for hydroxylation is 1. The van der Waals surface area contributed by atoms with Gasteiger partial charge in [0.15, 0.2) is 0 Å². The number of carbonyl (C=O) groups is 1. The first-order valence-electron chi connectivity index (χ1n) is 11.1. The summed E-state index contributed by atoms with van der Waals surface area (Å²) in [5.74, 6) is -2.94. The largest absolute Gasteiger partial charge is 0.420 e. The predicted octanol–water partition coefficient (Wildman–Crippen LogP) is 8.29. The van der Waals surface area contributed by atoms with Crippen LogP contribution in [0.15, 0.2) is 24.3 Å². The fourth-order valence-electron chi connectivity index (χ4n) is 4.75. The summed E-state index contributed by atoms with van der Waals surface area (Å²) in [5.41, 5.74) is 2.14. The second kappa shape index (κ2) is 9.67. The van der Waals surface area contributed by atoms with Gasteiger partial charge in [-0.05, 0) is 19.4 Å². The number of cyclic esters (lactones) is 1. The van der Waals surface area contributed by atoms with Crippen molar-refractivity contribution in [2.24, 2.45) is 0 Å². The number of esters is 1. The predicted molar refractivity (Wildman–Crippen MR) is 135 cm³/mol. The number of fused-ring (bicyclic) bond motifs is 2. The van der Waals surface area contributed by atoms with Gasteiger partial charge in [-0.3, -0.25) is 0 Å². The summed E-state index contributed by atoms with van der Waals surface area (Å²) in [4.78, 5) is 12.8. The standard InChI is InChI=1S/C25H25Cl4NO3/c1-3-4-5-6-7-10-13-30-14(2)18(15-11-8-9-12-16(15)30)25(32)19-17(24(31)33-25)20(26)22(28)23(29)21(19)27/h8-9,11-12,32H,3-7,10,13H2,1-2H3. The molecule has 1 unspecified atom stereocenters. The Labute approximate surface area is 213 Å². The summed E-state index contributed by atoms with van der Waals surface area (Å²) < 4.78 is 7.72. The van der Waals surface area contributed by atoms with Crippen LogP contribution in [0.25, 0.3) is 10.9 Å². The van der Waals surface area contributed by atoms with Gasteiger partial charge in [0.1, 0.15) is 0 Å². The number of unbranched alkanes of at least 4 members (excludes halogenated alkanes) is 5. The molecule has 0 saturated heterocycles. The maximum atomic E-state index is 12.8. The molecule has 2 aromatic carbocycles. The molecule has 0 fully saturated rings. The number of aliphatic hydroxyl groups is 1. The van der Waals surface area contributed by atoms with E-state index in [-0.39, 0.29) is 31.2 Å². The van der Waals surface area contributed by atoms with Crippen molar-refractivity contribution in [3.8, 4) is 0 Å². The molecule has 0 radical (unpaired) electrons. The van der Waals surface area contributed by atoms with Crippen LogP contribution < -0.4 is 0 Å². The van der Waals surface area contributed by atoms with Crippen molar-refractivity contribution in [2.45, 2.75) is 64.7 Å². The van der Waals surface area contributed by atoms with E-state index in [0.717, 1.165) is 36.0 Å². The smallest absolute Gasteiger partial charge is 0.343 e. The number of ether oxygens (including phenoxy) is 1. The molecule has 33 heavy (non-hydrogen) atoms. The van der Waals surface area contributed by atoms with Crippen molar-refractivity contribution < 1.29 is 14.6 Å². The number of nitrogens with zero attached hydrogens (tertiary/aromatic N) is 1. The van der Waals surface area contributed by atoms with Crippen LogP contribution in [0.1, 0.15) is 72.6 Å². The van der Waals surface area contributed by atoms with E-state index in [2.05, 4.69) is 11.5 Å². The van der Waals surface area contributed by atoms with Gasteiger partial charge in [-0.25, -0.2) is 4.79 Å². The maximum Gasteiger partial charge on any atom is 0.343 e. The number of hydrogen-bond acceptors (Lipinski definition) is 3. The molecule has 0 saturated carbocycles. The molecule has 0 amide bonds. The van der Waals surface area contributed by atoms with Crippen LogP contribution in [-0.4, -0.2) is 15.6 Å². The minimum atomic E-state index is -2.14. The molecule has 1 atom stereocenters. The topological polar surface area (TPSA) is 51.5 Å². The van der Waals surface area contributed by atoms with E-state index in [1.54, 1.807) is 0 Å². The molecular formula is C25H25Cl4NO3. The van der Waals surface area contributed by atoms with Crippen LogP contribution in [0.5, 0.6) is 0 Å². The Morgan fingerprint density at radius 1 is 0.909 bits per heavy atom. The summed E-state index contributed by atoms with van der Waals surface area (Å²) in [6, 6.07) is 7.72. The molecular weight excluding hydrogens is 504 g/mol. The van der Waals surface area contributed by atoms with Gasteiger partial charge in [0, 0.05) is 23.1 Å². The van der Waals surface area contributed by atoms with Gasteiger partial charge in [-0.15, -0.1) is 0 Å². The molecule has 2 heterocycles. The van der Waals surface area contributed by atoms with Crippen molar-refractivity contribution in [3.63, 3.8) is 0 Å². The van der Waals surface area contributed by atoms with E-state index in [1.165, 1.54) is 25.7 Å². The van der Waals surface area contributed by atoms with Gasteiger partial charge in [0.05, 0.1) is 36.8 Å². The van der Waals surface area contributed by atoms with Crippen LogP contribution in [0.2, 0.25) is 20.1 Å². The van der Waals surface area contributed by atoms with E-state index in [9.17, 15) is 9.90 Å². The SMILES string of the molecule is CCCCCCCCn1c(C)c(C2(O)OC(=O)c3c(Cl)c(Cl)c(Cl)c(Cl)c32)c2ccccc21. The second-order valence-corrected chi connectivity index (χ2v) is 9.95. The molecule has 1 aliphatic rings. The number of hydrogen-bond donors (Lipinski definition) is 1. The highest BCUT2D eigenvalue weighted by Gasteiger charge is 2.52. The third-order valence-electron chi connectivity index (χ3n) is 6.36. The zero-order valence-electron chi connectivity index (χ0n) is 18.5. The first kappa shape index (κ1) is 24.7. The minimum Gasteiger partial charge on any atom is -0.420 e. The number of para-hydroxylation sites is 1. The number of halogens is 4. The first-order chi connectivity index (χ1) is 15.7. The van der Waals surface area contributed by atoms with E-state index in [1.807, 2.05) is 31.2 Å². The molecule has 1 aromatic heterocycles. The summed E-state index contributed by atoms with van der Waals surface area (Å²) in [7, 11) is 0. The molecule has 3 aromatic rings. The van der Waals surface area contributed by atoms with Gasteiger partial charge in [-0.2, -0.15) is 0 Å². The molecule has 176 valence electrons. The minimum absolute atomic E-state index is 0.0270. The molecule has 4 nitrogen and oxygen atoms in total. The van der Waals surface area contributed by atoms with Crippen molar-refractivity contribution in [1.82, 2.24) is 4.57 Å². The highest BCUT2D eigenvalue weighted by Crippen LogP contribution is 2.53. The number of benzene rings is 2. The number of carbonyl (C=O) groups excluding carboxylic acids is 1. The molecule has 0 aliphatic carbocycles. The Kier molecular flexibility index (Phi) is 7.24. The van der Waals surface area contributed by atoms with Gasteiger partial charge in [0.25, 0.3) is 5.79 Å². The van der Waals surface area contributed by atoms with Crippen molar-refractivity contribution >= 4 is 63.3 Å². The zero-order chi connectivity index (χ0) is 23.9. The highest BCUT2D eigenvalue weighted by molar-refractivity contribution is 6.53. The lowest BCUT2D eigenvalue weighted by molar-refractivity contribution is -0.128. The van der Waals surface area contributed by atoms with Gasteiger partial charge < -0.3 is 14.4 Å². The quantitative estimate of drug-likeness (QED) is 0.138. The lowest BCUT2D eigenvalue weighted by Gasteiger charge is -2.25. The van der Waals surface area contributed by atoms with Crippen LogP contribution in [0.3, 0.4) is 0 Å². The summed E-state index contributed by atoms with van der Waals surface area (Å²) in [6.45, 7) is 4.89. The average molecular weight is 529 g/mol. The molecule has 8 heteroatoms. The Hall–Kier alpha value is -1.43. The first-order valence-corrected chi connectivity index (χ1v) is 12.7. The fourth-order valence-corrected chi connectivity index (χ4v) is 5.81. The van der Waals surface area contributed by atoms with Gasteiger partial charge in [0.2, 0.25) is 0 Å². The maximum absolute atomic E-state index is 12.8. The number of aromatic nitrogens is 1. The normalized spacial score (nSPS) is 17.6. The van der Waals surface area contributed by atoms with Crippen LogP contribution in [0, 0.1) is 6.92 Å². The van der Waals surface area contributed by atoms with Crippen LogP contribution in [0.4, 0.5) is 0 Å². The van der Waals surface area contributed by atoms with Crippen molar-refractivity contribution in [1.29, 1.82) is 0 Å². The lowest BCUT2D eigenvalue weighted by atomic mass is 9.93. The summed E-state index contributed by atoms with van der Waals surface area (Å²) in [6.07, 6.45) is 7.03. The van der Waals surface area contributed by atoms with E-state index in [4.69, 9.17) is 51.1 Å². The van der Waals surface area contributed by atoms with E-state index >= 15 is 0 Å². The Morgan fingerprint density at radius 3 is 2.27 bits per heavy atom. The van der Waals surface area contributed by atoms with E-state index < -0.39 is 11.8 Å². The molecule has 0 bridgehead atoms. The molecule has 1 aliphatic heterocycles. The highest BCUT2D eigenvalue weighted by atomic mass is 35.5. The van der Waals surface area contributed by atoms with Crippen LogP contribution in [-0.2, 0) is 17.1 Å².